The van der Waals surface area contributed by atoms with Crippen LogP contribution in [-0.4, -0.2) is 70.1 Å². The fraction of sp³-hybridized carbons (Fsp3) is 0.464. The molecule has 204 valence electrons. The quantitative estimate of drug-likeness (QED) is 0.320. The molecule has 6 rings (SSSR count). The molecule has 1 aromatic carbocycles. The molecule has 5 heterocycles. The number of piperazine rings is 1. The summed E-state index contributed by atoms with van der Waals surface area (Å²) >= 11 is 6.15. The van der Waals surface area contributed by atoms with Crippen molar-refractivity contribution in [2.75, 3.05) is 49.1 Å². The first-order valence-corrected chi connectivity index (χ1v) is 13.9. The van der Waals surface area contributed by atoms with E-state index in [-0.39, 0.29) is 16.6 Å². The number of pyridine rings is 1. The summed E-state index contributed by atoms with van der Waals surface area (Å²) in [5.41, 5.74) is 2.30. The van der Waals surface area contributed by atoms with Crippen LogP contribution >= 0.6 is 11.6 Å². The fourth-order valence-corrected chi connectivity index (χ4v) is 6.65. The Labute approximate surface area is 231 Å². The molecule has 3 unspecified atom stereocenters. The van der Waals surface area contributed by atoms with E-state index in [1.54, 1.807) is 18.2 Å². The third kappa shape index (κ3) is 4.91. The lowest BCUT2D eigenvalue weighted by Gasteiger charge is -2.37. The molecule has 3 aliphatic heterocycles. The monoisotopic (exact) mass is 551 g/mol. The second-order valence-electron chi connectivity index (χ2n) is 10.9. The molecule has 0 bridgehead atoms. The summed E-state index contributed by atoms with van der Waals surface area (Å²) in [5.74, 6) is 2.71. The summed E-state index contributed by atoms with van der Waals surface area (Å²) in [7, 11) is 0. The van der Waals surface area contributed by atoms with Crippen LogP contribution in [0.5, 0.6) is 0 Å². The van der Waals surface area contributed by atoms with Gasteiger partial charge in [-0.3, -0.25) is 15.0 Å². The summed E-state index contributed by atoms with van der Waals surface area (Å²) < 4.78 is 14.0. The summed E-state index contributed by atoms with van der Waals surface area (Å²) in [6.07, 6.45) is 3.67. The molecule has 3 fully saturated rings. The standard InChI is InChI=1S/C28H31ClFN7O2/c1-17-12-20(37(38)39)15-31-28(17)35-10-8-34(9-11-35)25-14-23(19-5-6-22(30)21(29)13-19)32-27(33-25)26-18(2)16-36-7-3-4-24(26)36/h5-6,12-15,18,24,26H,3-4,7-11,16H2,1-2H3. The molecule has 0 N–H and O–H groups in total. The van der Waals surface area contributed by atoms with Gasteiger partial charge in [-0.1, -0.05) is 18.5 Å². The van der Waals surface area contributed by atoms with Gasteiger partial charge in [0.15, 0.2) is 0 Å². The van der Waals surface area contributed by atoms with Crippen LogP contribution in [0.1, 0.15) is 37.1 Å². The topological polar surface area (TPSA) is 91.5 Å². The molecule has 3 saturated heterocycles. The van der Waals surface area contributed by atoms with Gasteiger partial charge in [0.1, 0.15) is 29.5 Å². The Morgan fingerprint density at radius 2 is 1.85 bits per heavy atom. The van der Waals surface area contributed by atoms with E-state index >= 15 is 0 Å². The summed E-state index contributed by atoms with van der Waals surface area (Å²) in [4.78, 5) is 32.2. The molecule has 9 nitrogen and oxygen atoms in total. The molecule has 11 heteroatoms. The van der Waals surface area contributed by atoms with Crippen molar-refractivity contribution in [3.8, 4) is 11.3 Å². The predicted octanol–water partition coefficient (Wildman–Crippen LogP) is 5.07. The van der Waals surface area contributed by atoms with Crippen molar-refractivity contribution in [3.05, 3.63) is 68.9 Å². The maximum absolute atomic E-state index is 14.0. The SMILES string of the molecule is Cc1cc([N+](=O)[O-])cnc1N1CCN(c2cc(-c3ccc(F)c(Cl)c3)nc(C3C(C)CN4CCCC34)n2)CC1. The van der Waals surface area contributed by atoms with Gasteiger partial charge in [-0.05, 0) is 56.0 Å². The molecule has 0 amide bonds. The van der Waals surface area contributed by atoms with Crippen LogP contribution in [0, 0.1) is 28.8 Å². The van der Waals surface area contributed by atoms with Gasteiger partial charge in [0.2, 0.25) is 0 Å². The van der Waals surface area contributed by atoms with Crippen molar-refractivity contribution in [1.29, 1.82) is 0 Å². The number of hydrogen-bond donors (Lipinski definition) is 0. The number of aromatic nitrogens is 3. The van der Waals surface area contributed by atoms with E-state index < -0.39 is 10.7 Å². The molecule has 3 aliphatic rings. The molecule has 0 radical (unpaired) electrons. The molecule has 39 heavy (non-hydrogen) atoms. The van der Waals surface area contributed by atoms with E-state index in [0.717, 1.165) is 53.8 Å². The number of aryl methyl sites for hydroxylation is 1. The third-order valence-electron chi connectivity index (χ3n) is 8.36. The minimum atomic E-state index is -0.452. The molecule has 2 aromatic heterocycles. The molecule has 0 saturated carbocycles. The van der Waals surface area contributed by atoms with Crippen molar-refractivity contribution < 1.29 is 9.31 Å². The van der Waals surface area contributed by atoms with Crippen molar-refractivity contribution in [1.82, 2.24) is 19.9 Å². The Morgan fingerprint density at radius 1 is 1.08 bits per heavy atom. The Hall–Kier alpha value is -3.37. The number of halogens is 2. The number of nitro groups is 1. The lowest BCUT2D eigenvalue weighted by Crippen LogP contribution is -2.47. The first-order chi connectivity index (χ1) is 18.8. The first kappa shape index (κ1) is 25.9. The maximum atomic E-state index is 14.0. The predicted molar refractivity (Wildman–Crippen MR) is 149 cm³/mol. The lowest BCUT2D eigenvalue weighted by atomic mass is 9.89. The molecule has 0 spiro atoms. The van der Waals surface area contributed by atoms with E-state index in [1.165, 1.54) is 18.7 Å². The minimum absolute atomic E-state index is 0.00111. The number of fused-ring (bicyclic) bond motifs is 1. The normalized spacial score (nSPS) is 23.3. The smallest absolute Gasteiger partial charge is 0.287 e. The van der Waals surface area contributed by atoms with Gasteiger partial charge in [0.25, 0.3) is 5.69 Å². The van der Waals surface area contributed by atoms with Crippen LogP contribution in [-0.2, 0) is 0 Å². The average Bonchev–Trinajstić information content (AvgIpc) is 3.50. The highest BCUT2D eigenvalue weighted by atomic mass is 35.5. The molecule has 3 aromatic rings. The molecule has 0 aliphatic carbocycles. The van der Waals surface area contributed by atoms with Gasteiger partial charge in [-0.25, -0.2) is 19.3 Å². The van der Waals surface area contributed by atoms with Crippen molar-refractivity contribution in [2.45, 2.75) is 38.6 Å². The number of anilines is 2. The zero-order chi connectivity index (χ0) is 27.3. The minimum Gasteiger partial charge on any atom is -0.353 e. The van der Waals surface area contributed by atoms with Crippen LogP contribution in [0.4, 0.5) is 21.7 Å². The van der Waals surface area contributed by atoms with Gasteiger partial charge in [0.05, 0.1) is 15.6 Å². The molecule has 3 atom stereocenters. The summed E-state index contributed by atoms with van der Waals surface area (Å²) in [5, 5.41) is 11.2. The summed E-state index contributed by atoms with van der Waals surface area (Å²) in [6.45, 7) is 9.17. The molecular formula is C28H31ClFN7O2. The lowest BCUT2D eigenvalue weighted by molar-refractivity contribution is -0.385. The van der Waals surface area contributed by atoms with Crippen LogP contribution in [0.15, 0.2) is 36.5 Å². The van der Waals surface area contributed by atoms with E-state index in [9.17, 15) is 14.5 Å². The van der Waals surface area contributed by atoms with Crippen LogP contribution < -0.4 is 9.80 Å². The zero-order valence-corrected chi connectivity index (χ0v) is 22.8. The highest BCUT2D eigenvalue weighted by molar-refractivity contribution is 6.31. The average molecular weight is 552 g/mol. The van der Waals surface area contributed by atoms with Gasteiger partial charge >= 0.3 is 0 Å². The Kier molecular flexibility index (Phi) is 6.84. The number of nitrogens with zero attached hydrogens (tertiary/aromatic N) is 7. The maximum Gasteiger partial charge on any atom is 0.287 e. The third-order valence-corrected chi connectivity index (χ3v) is 8.65. The van der Waals surface area contributed by atoms with E-state index in [4.69, 9.17) is 21.6 Å². The fourth-order valence-electron chi connectivity index (χ4n) is 6.47. The van der Waals surface area contributed by atoms with Gasteiger partial charge < -0.3 is 9.80 Å². The molecular weight excluding hydrogens is 521 g/mol. The van der Waals surface area contributed by atoms with E-state index in [2.05, 4.69) is 26.6 Å². The van der Waals surface area contributed by atoms with E-state index in [1.807, 2.05) is 13.0 Å². The largest absolute Gasteiger partial charge is 0.353 e. The second-order valence-corrected chi connectivity index (χ2v) is 11.3. The highest BCUT2D eigenvalue weighted by Crippen LogP contribution is 2.43. The van der Waals surface area contributed by atoms with Crippen molar-refractivity contribution in [3.63, 3.8) is 0 Å². The second kappa shape index (κ2) is 10.3. The van der Waals surface area contributed by atoms with Gasteiger partial charge in [0, 0.05) is 62.4 Å². The zero-order valence-electron chi connectivity index (χ0n) is 22.1. The van der Waals surface area contributed by atoms with Gasteiger partial charge in [-0.15, -0.1) is 0 Å². The highest BCUT2D eigenvalue weighted by Gasteiger charge is 2.44. The van der Waals surface area contributed by atoms with Crippen molar-refractivity contribution >= 4 is 28.9 Å². The number of rotatable bonds is 5. The number of benzene rings is 1. The van der Waals surface area contributed by atoms with Crippen LogP contribution in [0.25, 0.3) is 11.3 Å². The van der Waals surface area contributed by atoms with Gasteiger partial charge in [-0.2, -0.15) is 0 Å². The van der Waals surface area contributed by atoms with Crippen LogP contribution in [0.2, 0.25) is 5.02 Å². The Morgan fingerprint density at radius 3 is 2.56 bits per heavy atom. The summed E-state index contributed by atoms with van der Waals surface area (Å²) in [6, 6.07) is 8.73. The number of hydrogen-bond acceptors (Lipinski definition) is 8. The Balaban J connectivity index is 1.30. The van der Waals surface area contributed by atoms with Crippen molar-refractivity contribution in [2.24, 2.45) is 5.92 Å². The Bertz CT molecular complexity index is 1410. The first-order valence-electron chi connectivity index (χ1n) is 13.5. The van der Waals surface area contributed by atoms with E-state index in [0.29, 0.717) is 38.1 Å². The van der Waals surface area contributed by atoms with Crippen LogP contribution in [0.3, 0.4) is 0 Å².